The summed E-state index contributed by atoms with van der Waals surface area (Å²) in [5.41, 5.74) is 5.91. The lowest BCUT2D eigenvalue weighted by molar-refractivity contribution is -0.142. The maximum absolute atomic E-state index is 14.7. The number of halogens is 2. The summed E-state index contributed by atoms with van der Waals surface area (Å²) in [6.07, 6.45) is 15.9. The molecule has 4 fully saturated rings. The minimum absolute atomic E-state index is 0.0188. The monoisotopic (exact) mass is 952 g/mol. The van der Waals surface area contributed by atoms with Gasteiger partial charge in [-0.2, -0.15) is 0 Å². The lowest BCUT2D eigenvalue weighted by Crippen LogP contribution is -2.59. The largest absolute Gasteiger partial charge is 0.357 e. The number of fused-ring (bicyclic) bond motifs is 2. The molecule has 22 nitrogen and oxygen atoms in total. The van der Waals surface area contributed by atoms with E-state index >= 15 is 0 Å². The summed E-state index contributed by atoms with van der Waals surface area (Å²) in [4.78, 5) is 97.7. The van der Waals surface area contributed by atoms with Crippen LogP contribution >= 0.6 is 0 Å². The van der Waals surface area contributed by atoms with Gasteiger partial charge in [-0.1, -0.05) is 37.1 Å². The average molecular weight is 953 g/mol. The third kappa shape index (κ3) is 9.44. The lowest BCUT2D eigenvalue weighted by Gasteiger charge is -2.38. The van der Waals surface area contributed by atoms with E-state index in [1.165, 1.54) is 56.3 Å². The van der Waals surface area contributed by atoms with Crippen LogP contribution in [0.25, 0.3) is 33.4 Å². The quantitative estimate of drug-likeness (QED) is 0.126. The Bertz CT molecular complexity index is 2840. The van der Waals surface area contributed by atoms with Gasteiger partial charge in [-0.3, -0.25) is 28.8 Å². The van der Waals surface area contributed by atoms with Crippen molar-refractivity contribution in [1.82, 2.24) is 74.8 Å². The molecule has 0 aromatic carbocycles. The molecule has 3 saturated heterocycles. The molecule has 4 amide bonds. The number of pyridine rings is 2. The van der Waals surface area contributed by atoms with Crippen molar-refractivity contribution < 1.29 is 37.5 Å². The van der Waals surface area contributed by atoms with Crippen LogP contribution in [-0.2, 0) is 19.2 Å². The summed E-state index contributed by atoms with van der Waals surface area (Å²) in [7, 11) is 0. The zero-order valence-corrected chi connectivity index (χ0v) is 38.5. The molecular weight excluding hydrogens is 899 g/mol. The summed E-state index contributed by atoms with van der Waals surface area (Å²) in [6.45, 7) is 9.01. The van der Waals surface area contributed by atoms with Crippen LogP contribution in [-0.4, -0.2) is 175 Å². The summed E-state index contributed by atoms with van der Waals surface area (Å²) in [6, 6.07) is -0.129. The molecule has 4 aliphatic rings. The second kappa shape index (κ2) is 20.5. The third-order valence-corrected chi connectivity index (χ3v) is 13.2. The number of nitrogens with zero attached hydrogens (tertiary/aromatic N) is 12. The number of rotatable bonds is 8. The van der Waals surface area contributed by atoms with E-state index in [9.17, 15) is 37.5 Å². The Morgan fingerprint density at radius 1 is 0.667 bits per heavy atom. The normalized spacial score (nSPS) is 20.6. The first-order valence-electron chi connectivity index (χ1n) is 23.1. The molecule has 1 aliphatic carbocycles. The van der Waals surface area contributed by atoms with Gasteiger partial charge in [0, 0.05) is 70.8 Å². The molecule has 69 heavy (non-hydrogen) atoms. The van der Waals surface area contributed by atoms with Gasteiger partial charge in [0.25, 0.3) is 23.4 Å². The molecule has 3 aliphatic heterocycles. The van der Waals surface area contributed by atoms with E-state index < -0.39 is 40.6 Å². The smallest absolute Gasteiger partial charge is 0.295 e. The van der Waals surface area contributed by atoms with E-state index in [4.69, 9.17) is 5.73 Å². The number of Topliss-reactive ketones (excluding diaryl/α,β-unsaturated/α-hetero) is 2. The Morgan fingerprint density at radius 3 is 1.57 bits per heavy atom. The molecule has 364 valence electrons. The summed E-state index contributed by atoms with van der Waals surface area (Å²) < 4.78 is 32.0. The molecule has 9 heterocycles. The molecule has 0 bridgehead atoms. The van der Waals surface area contributed by atoms with Gasteiger partial charge in [0.1, 0.15) is 0 Å². The van der Waals surface area contributed by atoms with Crippen LogP contribution < -0.4 is 11.1 Å². The Balaban J connectivity index is 0.000000180. The fourth-order valence-electron chi connectivity index (χ4n) is 9.42. The number of carbonyl (C=O) groups is 6. The van der Waals surface area contributed by atoms with Crippen LogP contribution in [0.15, 0.2) is 49.6 Å². The average Bonchev–Trinajstić information content (AvgIpc) is 4.26. The first-order chi connectivity index (χ1) is 33.3. The number of hydrogen-bond acceptors (Lipinski definition) is 14. The minimum atomic E-state index is -0.824. The van der Waals surface area contributed by atoms with E-state index in [2.05, 4.69) is 45.9 Å². The summed E-state index contributed by atoms with van der Waals surface area (Å²) >= 11 is 0. The van der Waals surface area contributed by atoms with Gasteiger partial charge < -0.3 is 40.6 Å². The van der Waals surface area contributed by atoms with Gasteiger partial charge in [-0.15, -0.1) is 10.2 Å². The SMILES string of the molecule is CC.C[C@]1(C(=O)N2CCN(C(=O)C(=O)c3c[nH]c4c(-n5ccnn5)ncc(F)c34)CC2)CCCN1.N[C@H]1CCCC[C@@H]1C(=O)N1CCN(C(=O)C(=O)c2c[nH]c3c(-n4ccnn4)ncc(F)c23)CC1. The highest BCUT2D eigenvalue weighted by Crippen LogP contribution is 2.29. The Morgan fingerprint density at radius 2 is 1.13 bits per heavy atom. The minimum Gasteiger partial charge on any atom is -0.357 e. The molecule has 10 rings (SSSR count). The Kier molecular flexibility index (Phi) is 14.3. The van der Waals surface area contributed by atoms with Crippen molar-refractivity contribution >= 4 is 57.0 Å². The molecular formula is C45H54F2N16O6. The van der Waals surface area contributed by atoms with Gasteiger partial charge in [0.15, 0.2) is 23.3 Å². The van der Waals surface area contributed by atoms with Crippen LogP contribution in [0.3, 0.4) is 0 Å². The van der Waals surface area contributed by atoms with E-state index in [1.807, 2.05) is 20.8 Å². The zero-order valence-electron chi connectivity index (χ0n) is 38.5. The fraction of sp³-hybridized carbons (Fsp3) is 0.467. The molecule has 0 spiro atoms. The van der Waals surface area contributed by atoms with E-state index in [1.54, 1.807) is 9.80 Å². The number of carbonyl (C=O) groups excluding carboxylic acids is 6. The Hall–Kier alpha value is -7.34. The van der Waals surface area contributed by atoms with Crippen molar-refractivity contribution in [1.29, 1.82) is 0 Å². The zero-order chi connectivity index (χ0) is 49.0. The predicted octanol–water partition coefficient (Wildman–Crippen LogP) is 1.96. The van der Waals surface area contributed by atoms with E-state index in [0.717, 1.165) is 57.5 Å². The van der Waals surface area contributed by atoms with Crippen LogP contribution in [0.4, 0.5) is 8.78 Å². The van der Waals surface area contributed by atoms with E-state index in [0.29, 0.717) is 26.2 Å². The maximum Gasteiger partial charge on any atom is 0.295 e. The molecule has 6 aromatic rings. The van der Waals surface area contributed by atoms with Crippen LogP contribution in [0.1, 0.15) is 80.0 Å². The molecule has 0 radical (unpaired) electrons. The molecule has 0 unspecified atom stereocenters. The van der Waals surface area contributed by atoms with Crippen molar-refractivity contribution in [3.63, 3.8) is 0 Å². The van der Waals surface area contributed by atoms with Gasteiger partial charge in [0.05, 0.1) is 81.6 Å². The number of piperazine rings is 2. The highest BCUT2D eigenvalue weighted by atomic mass is 19.1. The van der Waals surface area contributed by atoms with Crippen LogP contribution in [0, 0.1) is 17.6 Å². The fourth-order valence-corrected chi connectivity index (χ4v) is 9.42. The highest BCUT2D eigenvalue weighted by molar-refractivity contribution is 6.45. The van der Waals surface area contributed by atoms with Crippen LogP contribution in [0.5, 0.6) is 0 Å². The van der Waals surface area contributed by atoms with Crippen LogP contribution in [0.2, 0.25) is 0 Å². The van der Waals surface area contributed by atoms with Gasteiger partial charge >= 0.3 is 0 Å². The number of nitrogens with two attached hydrogens (primary N) is 1. The molecule has 5 N–H and O–H groups in total. The lowest BCUT2D eigenvalue weighted by atomic mass is 9.84. The number of H-pyrrole nitrogens is 2. The first kappa shape index (κ1) is 48.1. The second-order valence-electron chi connectivity index (χ2n) is 17.2. The standard InChI is InChI=1S/C22H25FN8O3.C21H23FN8O3.C2H6/c23-15-12-26-20(31-6-5-27-28-31)18-17(15)14(11-25-18)19(32)22(34)30-9-7-29(8-10-30)21(33)13-3-1-2-4-16(13)24;1-21(3-2-4-25-21)20(33)29-9-7-28(8-10-29)19(32)17(31)13-11-23-16-15(13)14(22)12-24-18(16)30-6-5-26-27-30;1-2/h5-6,11-13,16,25H,1-4,7-10,24H2;5-6,11-12,23,25H,2-4,7-10H2,1H3;1-2H3/t13-,16-;21-;/m01./s1. The number of aromatic nitrogens is 10. The number of ketones is 2. The van der Waals surface area contributed by atoms with Gasteiger partial charge in [-0.25, -0.2) is 28.1 Å². The van der Waals surface area contributed by atoms with Crippen molar-refractivity contribution in [2.45, 2.75) is 70.9 Å². The second-order valence-corrected chi connectivity index (χ2v) is 17.2. The molecule has 6 aromatic heterocycles. The van der Waals surface area contributed by atoms with E-state index in [-0.39, 0.29) is 94.5 Å². The molecule has 3 atom stereocenters. The number of aromatic amines is 2. The number of nitrogens with one attached hydrogen (secondary N) is 3. The summed E-state index contributed by atoms with van der Waals surface area (Å²) in [5, 5.41) is 18.3. The molecule has 24 heteroatoms. The Labute approximate surface area is 393 Å². The third-order valence-electron chi connectivity index (χ3n) is 13.2. The molecule has 1 saturated carbocycles. The predicted molar refractivity (Wildman–Crippen MR) is 244 cm³/mol. The first-order valence-corrected chi connectivity index (χ1v) is 23.1. The highest BCUT2D eigenvalue weighted by Gasteiger charge is 2.41. The van der Waals surface area contributed by atoms with Gasteiger partial charge in [-0.05, 0) is 39.2 Å². The van der Waals surface area contributed by atoms with Crippen molar-refractivity contribution in [2.75, 3.05) is 58.9 Å². The number of hydrogen-bond donors (Lipinski definition) is 4. The van der Waals surface area contributed by atoms with Crippen molar-refractivity contribution in [3.05, 3.63) is 72.3 Å². The maximum atomic E-state index is 14.7. The van der Waals surface area contributed by atoms with Crippen molar-refractivity contribution in [2.24, 2.45) is 11.7 Å². The van der Waals surface area contributed by atoms with Gasteiger partial charge in [0.2, 0.25) is 11.8 Å². The summed E-state index contributed by atoms with van der Waals surface area (Å²) in [5.74, 6) is -4.18. The topological polar surface area (TPSA) is 272 Å². The number of amides is 4. The van der Waals surface area contributed by atoms with Crippen molar-refractivity contribution in [3.8, 4) is 11.6 Å².